The predicted molar refractivity (Wildman–Crippen MR) is 103 cm³/mol. The largest absolute Gasteiger partial charge is 0.326 e. The molecule has 2 aromatic carbocycles. The topological polar surface area (TPSA) is 60.0 Å². The van der Waals surface area contributed by atoms with E-state index in [1.165, 1.54) is 11.1 Å². The van der Waals surface area contributed by atoms with Crippen LogP contribution in [0.5, 0.6) is 0 Å². The fourth-order valence-corrected chi connectivity index (χ4v) is 3.88. The Morgan fingerprint density at radius 3 is 2.46 bits per heavy atom. The summed E-state index contributed by atoms with van der Waals surface area (Å²) >= 11 is 0. The number of hydrogen-bond donors (Lipinski definition) is 1. The molecular formula is C21H25N5. The van der Waals surface area contributed by atoms with Gasteiger partial charge in [-0.3, -0.25) is 4.90 Å². The zero-order valence-electron chi connectivity index (χ0n) is 15.0. The number of benzene rings is 2. The second-order valence-corrected chi connectivity index (χ2v) is 6.88. The molecule has 5 heteroatoms. The molecule has 1 aliphatic heterocycles. The monoisotopic (exact) mass is 347 g/mol. The Labute approximate surface area is 154 Å². The lowest BCUT2D eigenvalue weighted by Gasteiger charge is -2.32. The SMILES string of the molecule is NCc1ccccc1C1CCN(Cc2ncnn2-c2ccccc2)CC1. The average Bonchev–Trinajstić information content (AvgIpc) is 3.17. The lowest BCUT2D eigenvalue weighted by atomic mass is 9.86. The number of nitrogens with two attached hydrogens (primary N) is 1. The minimum Gasteiger partial charge on any atom is -0.326 e. The maximum atomic E-state index is 5.92. The molecular weight excluding hydrogens is 322 g/mol. The van der Waals surface area contributed by atoms with Gasteiger partial charge in [0.15, 0.2) is 0 Å². The maximum Gasteiger partial charge on any atom is 0.146 e. The molecule has 4 rings (SSSR count). The summed E-state index contributed by atoms with van der Waals surface area (Å²) in [5.74, 6) is 1.61. The highest BCUT2D eigenvalue weighted by atomic mass is 15.4. The van der Waals surface area contributed by atoms with E-state index in [0.717, 1.165) is 44.0 Å². The van der Waals surface area contributed by atoms with E-state index < -0.39 is 0 Å². The second-order valence-electron chi connectivity index (χ2n) is 6.88. The Hall–Kier alpha value is -2.50. The van der Waals surface area contributed by atoms with Gasteiger partial charge in [0.05, 0.1) is 12.2 Å². The van der Waals surface area contributed by atoms with E-state index in [-0.39, 0.29) is 0 Å². The van der Waals surface area contributed by atoms with Crippen molar-refractivity contribution in [1.82, 2.24) is 19.7 Å². The van der Waals surface area contributed by atoms with Crippen LogP contribution in [0.25, 0.3) is 5.69 Å². The lowest BCUT2D eigenvalue weighted by Crippen LogP contribution is -2.33. The summed E-state index contributed by atoms with van der Waals surface area (Å²) in [4.78, 5) is 6.96. The molecule has 2 heterocycles. The molecule has 0 atom stereocenters. The Balaban J connectivity index is 1.42. The van der Waals surface area contributed by atoms with Crippen LogP contribution in [-0.2, 0) is 13.1 Å². The van der Waals surface area contributed by atoms with Crippen molar-refractivity contribution in [2.45, 2.75) is 31.8 Å². The van der Waals surface area contributed by atoms with E-state index in [1.807, 2.05) is 22.9 Å². The summed E-state index contributed by atoms with van der Waals surface area (Å²) in [6.07, 6.45) is 3.97. The highest BCUT2D eigenvalue weighted by Gasteiger charge is 2.23. The molecule has 0 saturated carbocycles. The van der Waals surface area contributed by atoms with Crippen LogP contribution in [0.4, 0.5) is 0 Å². The van der Waals surface area contributed by atoms with Gasteiger partial charge in [0.1, 0.15) is 12.2 Å². The standard InChI is InChI=1S/C21H25N5/c22-14-18-6-4-5-9-20(18)17-10-12-25(13-11-17)15-21-23-16-24-26(21)19-7-2-1-3-8-19/h1-9,16-17H,10-15,22H2. The highest BCUT2D eigenvalue weighted by Crippen LogP contribution is 2.30. The maximum absolute atomic E-state index is 5.92. The Morgan fingerprint density at radius 1 is 0.962 bits per heavy atom. The fraction of sp³-hybridized carbons (Fsp3) is 0.333. The van der Waals surface area contributed by atoms with Crippen molar-refractivity contribution < 1.29 is 0 Å². The lowest BCUT2D eigenvalue weighted by molar-refractivity contribution is 0.198. The molecule has 5 nitrogen and oxygen atoms in total. The Bertz CT molecular complexity index is 834. The zero-order chi connectivity index (χ0) is 17.8. The van der Waals surface area contributed by atoms with Crippen molar-refractivity contribution in [2.75, 3.05) is 13.1 Å². The van der Waals surface area contributed by atoms with Gasteiger partial charge >= 0.3 is 0 Å². The van der Waals surface area contributed by atoms with Crippen molar-refractivity contribution in [1.29, 1.82) is 0 Å². The first-order chi connectivity index (χ1) is 12.8. The average molecular weight is 347 g/mol. The van der Waals surface area contributed by atoms with Crippen LogP contribution in [0, 0.1) is 0 Å². The molecule has 0 amide bonds. The number of nitrogens with zero attached hydrogens (tertiary/aromatic N) is 4. The molecule has 0 unspecified atom stereocenters. The van der Waals surface area contributed by atoms with Gasteiger partial charge in [-0.15, -0.1) is 0 Å². The normalized spacial score (nSPS) is 16.0. The highest BCUT2D eigenvalue weighted by molar-refractivity contribution is 5.31. The minimum atomic E-state index is 0.609. The summed E-state index contributed by atoms with van der Waals surface area (Å²) < 4.78 is 1.94. The van der Waals surface area contributed by atoms with Gasteiger partial charge in [0.2, 0.25) is 0 Å². The molecule has 2 N–H and O–H groups in total. The fourth-order valence-electron chi connectivity index (χ4n) is 3.88. The zero-order valence-corrected chi connectivity index (χ0v) is 15.0. The molecule has 0 bridgehead atoms. The first kappa shape index (κ1) is 16.9. The van der Waals surface area contributed by atoms with Crippen LogP contribution >= 0.6 is 0 Å². The number of piperidine rings is 1. The minimum absolute atomic E-state index is 0.609. The van der Waals surface area contributed by atoms with Crippen LogP contribution in [-0.4, -0.2) is 32.8 Å². The van der Waals surface area contributed by atoms with E-state index in [0.29, 0.717) is 12.5 Å². The first-order valence-electron chi connectivity index (χ1n) is 9.29. The van der Waals surface area contributed by atoms with Gasteiger partial charge in [-0.25, -0.2) is 9.67 Å². The van der Waals surface area contributed by atoms with Gasteiger partial charge in [-0.05, 0) is 55.1 Å². The quantitative estimate of drug-likeness (QED) is 0.770. The number of likely N-dealkylation sites (tertiary alicyclic amines) is 1. The van der Waals surface area contributed by atoms with Crippen molar-refractivity contribution in [3.05, 3.63) is 77.9 Å². The van der Waals surface area contributed by atoms with Crippen molar-refractivity contribution in [3.8, 4) is 5.69 Å². The molecule has 3 aromatic rings. The smallest absolute Gasteiger partial charge is 0.146 e. The molecule has 1 aliphatic rings. The molecule has 0 radical (unpaired) electrons. The van der Waals surface area contributed by atoms with Crippen LogP contribution in [0.15, 0.2) is 60.9 Å². The predicted octanol–water partition coefficient (Wildman–Crippen LogP) is 3.11. The first-order valence-corrected chi connectivity index (χ1v) is 9.29. The van der Waals surface area contributed by atoms with Gasteiger partial charge < -0.3 is 5.73 Å². The molecule has 0 spiro atoms. The molecule has 0 aliphatic carbocycles. The molecule has 1 saturated heterocycles. The van der Waals surface area contributed by atoms with Gasteiger partial charge in [0, 0.05) is 6.54 Å². The van der Waals surface area contributed by atoms with Crippen LogP contribution in [0.3, 0.4) is 0 Å². The number of aromatic nitrogens is 3. The van der Waals surface area contributed by atoms with Crippen molar-refractivity contribution in [2.24, 2.45) is 5.73 Å². The van der Waals surface area contributed by atoms with Gasteiger partial charge in [-0.2, -0.15) is 5.10 Å². The number of rotatable bonds is 5. The third-order valence-corrected chi connectivity index (χ3v) is 5.29. The van der Waals surface area contributed by atoms with E-state index in [1.54, 1.807) is 6.33 Å². The van der Waals surface area contributed by atoms with Crippen molar-refractivity contribution >= 4 is 0 Å². The van der Waals surface area contributed by atoms with E-state index in [4.69, 9.17) is 5.73 Å². The summed E-state index contributed by atoms with van der Waals surface area (Å²) in [6, 6.07) is 18.8. The second kappa shape index (κ2) is 7.81. The Kier molecular flexibility index (Phi) is 5.09. The van der Waals surface area contributed by atoms with Crippen LogP contribution in [0.2, 0.25) is 0 Å². The van der Waals surface area contributed by atoms with Gasteiger partial charge in [-0.1, -0.05) is 42.5 Å². The molecule has 1 fully saturated rings. The van der Waals surface area contributed by atoms with E-state index in [2.05, 4.69) is 51.4 Å². The molecule has 26 heavy (non-hydrogen) atoms. The molecule has 1 aromatic heterocycles. The summed E-state index contributed by atoms with van der Waals surface area (Å²) in [6.45, 7) is 3.60. The third kappa shape index (κ3) is 3.54. The van der Waals surface area contributed by atoms with E-state index >= 15 is 0 Å². The van der Waals surface area contributed by atoms with Crippen LogP contribution in [0.1, 0.15) is 35.7 Å². The molecule has 134 valence electrons. The Morgan fingerprint density at radius 2 is 1.69 bits per heavy atom. The van der Waals surface area contributed by atoms with Crippen molar-refractivity contribution in [3.63, 3.8) is 0 Å². The number of hydrogen-bond acceptors (Lipinski definition) is 4. The van der Waals surface area contributed by atoms with Crippen LogP contribution < -0.4 is 5.73 Å². The van der Waals surface area contributed by atoms with E-state index in [9.17, 15) is 0 Å². The summed E-state index contributed by atoms with van der Waals surface area (Å²) in [5, 5.41) is 4.40. The van der Waals surface area contributed by atoms with Gasteiger partial charge in [0.25, 0.3) is 0 Å². The number of para-hydroxylation sites is 1. The third-order valence-electron chi connectivity index (χ3n) is 5.29. The summed E-state index contributed by atoms with van der Waals surface area (Å²) in [7, 11) is 0. The summed E-state index contributed by atoms with van der Waals surface area (Å²) in [5.41, 5.74) is 9.70.